The highest BCUT2D eigenvalue weighted by Gasteiger charge is 2.18. The van der Waals surface area contributed by atoms with Crippen molar-refractivity contribution in [2.45, 2.75) is 0 Å². The molecule has 3 rings (SSSR count). The maximum Gasteiger partial charge on any atom is 0.143 e. The fraction of sp³-hybridized carbons (Fsp3) is 0.0714. The number of halogens is 2. The van der Waals surface area contributed by atoms with Gasteiger partial charge in [-0.1, -0.05) is 11.6 Å². The monoisotopic (exact) mass is 286 g/mol. The van der Waals surface area contributed by atoms with Crippen LogP contribution in [0.4, 0.5) is 4.39 Å². The first-order chi connectivity index (χ1) is 9.61. The molecule has 0 bridgehead atoms. The molecular formula is C14H8ClFN4. The average molecular weight is 287 g/mol. The van der Waals surface area contributed by atoms with E-state index in [-0.39, 0.29) is 16.5 Å². The van der Waals surface area contributed by atoms with Crippen molar-refractivity contribution in [2.75, 3.05) is 0 Å². The van der Waals surface area contributed by atoms with E-state index in [9.17, 15) is 9.65 Å². The zero-order valence-corrected chi connectivity index (χ0v) is 11.2. The Morgan fingerprint density at radius 1 is 1.40 bits per heavy atom. The van der Waals surface area contributed by atoms with Crippen molar-refractivity contribution < 1.29 is 4.39 Å². The minimum Gasteiger partial charge on any atom is -0.268 e. The van der Waals surface area contributed by atoms with E-state index in [1.807, 2.05) is 6.07 Å². The summed E-state index contributed by atoms with van der Waals surface area (Å²) < 4.78 is 16.3. The van der Waals surface area contributed by atoms with E-state index in [0.29, 0.717) is 16.2 Å². The highest BCUT2D eigenvalue weighted by atomic mass is 35.5. The highest BCUT2D eigenvalue weighted by molar-refractivity contribution is 6.31. The van der Waals surface area contributed by atoms with E-state index in [0.717, 1.165) is 0 Å². The van der Waals surface area contributed by atoms with Gasteiger partial charge in [0.1, 0.15) is 11.9 Å². The first-order valence-corrected chi connectivity index (χ1v) is 6.16. The summed E-state index contributed by atoms with van der Waals surface area (Å²) in [7, 11) is 1.69. The highest BCUT2D eigenvalue weighted by Crippen LogP contribution is 2.32. The molecule has 0 aliphatic heterocycles. The van der Waals surface area contributed by atoms with Crippen LogP contribution in [-0.4, -0.2) is 14.8 Å². The van der Waals surface area contributed by atoms with Gasteiger partial charge >= 0.3 is 0 Å². The van der Waals surface area contributed by atoms with Crippen molar-refractivity contribution in [3.8, 4) is 17.3 Å². The lowest BCUT2D eigenvalue weighted by Gasteiger charge is -2.09. The third kappa shape index (κ3) is 1.82. The number of pyridine rings is 1. The number of nitriles is 1. The molecule has 0 spiro atoms. The molecule has 20 heavy (non-hydrogen) atoms. The minimum atomic E-state index is -0.516. The van der Waals surface area contributed by atoms with Crippen LogP contribution in [0.2, 0.25) is 5.02 Å². The van der Waals surface area contributed by atoms with Gasteiger partial charge in [0.25, 0.3) is 0 Å². The van der Waals surface area contributed by atoms with E-state index < -0.39 is 5.82 Å². The number of hydrogen-bond donors (Lipinski definition) is 0. The molecule has 0 radical (unpaired) electrons. The molecule has 0 aliphatic rings. The Morgan fingerprint density at radius 3 is 2.85 bits per heavy atom. The van der Waals surface area contributed by atoms with Crippen LogP contribution in [0.15, 0.2) is 30.6 Å². The Morgan fingerprint density at radius 2 is 2.20 bits per heavy atom. The number of aromatic nitrogens is 3. The molecule has 2 heterocycles. The van der Waals surface area contributed by atoms with E-state index in [2.05, 4.69) is 10.1 Å². The predicted octanol–water partition coefficient (Wildman–Crippen LogP) is 3.30. The normalized spacial score (nSPS) is 10.7. The van der Waals surface area contributed by atoms with Crippen LogP contribution in [0, 0.1) is 17.1 Å². The Bertz CT molecular complexity index is 863. The Labute approximate surface area is 119 Å². The second-order valence-corrected chi connectivity index (χ2v) is 4.72. The van der Waals surface area contributed by atoms with Crippen molar-refractivity contribution in [2.24, 2.45) is 7.05 Å². The van der Waals surface area contributed by atoms with E-state index in [4.69, 9.17) is 11.6 Å². The van der Waals surface area contributed by atoms with Crippen LogP contribution in [0.25, 0.3) is 22.2 Å². The quantitative estimate of drug-likeness (QED) is 0.690. The smallest absolute Gasteiger partial charge is 0.143 e. The van der Waals surface area contributed by atoms with Gasteiger partial charge in [0.15, 0.2) is 0 Å². The zero-order valence-electron chi connectivity index (χ0n) is 10.4. The van der Waals surface area contributed by atoms with Gasteiger partial charge in [0.2, 0.25) is 0 Å². The lowest BCUT2D eigenvalue weighted by atomic mass is 10.0. The summed E-state index contributed by atoms with van der Waals surface area (Å²) >= 11 is 5.86. The lowest BCUT2D eigenvalue weighted by Crippen LogP contribution is -1.99. The molecule has 2 aromatic heterocycles. The van der Waals surface area contributed by atoms with E-state index in [1.54, 1.807) is 25.4 Å². The second kappa shape index (κ2) is 4.58. The minimum absolute atomic E-state index is 0.212. The van der Waals surface area contributed by atoms with Gasteiger partial charge in [-0.3, -0.25) is 9.67 Å². The van der Waals surface area contributed by atoms with E-state index in [1.165, 1.54) is 16.9 Å². The molecule has 1 aromatic carbocycles. The standard InChI is InChI=1S/C14H8ClFN4/c1-20-12(2-3-19-20)13-8(6-17)4-11-10(14(13)16)5-9(15)7-18-11/h2-5,7H,1H3. The summed E-state index contributed by atoms with van der Waals surface area (Å²) in [5, 5.41) is 13.9. The number of hydrogen-bond acceptors (Lipinski definition) is 3. The summed E-state index contributed by atoms with van der Waals surface area (Å²) in [5.41, 5.74) is 1.35. The van der Waals surface area contributed by atoms with Crippen LogP contribution in [0.3, 0.4) is 0 Å². The summed E-state index contributed by atoms with van der Waals surface area (Å²) in [6.07, 6.45) is 2.98. The van der Waals surface area contributed by atoms with Crippen molar-refractivity contribution >= 4 is 22.5 Å². The Hall–Kier alpha value is -2.45. The summed E-state index contributed by atoms with van der Waals surface area (Å²) in [6, 6.07) is 6.71. The molecule has 0 amide bonds. The maximum atomic E-state index is 14.7. The van der Waals surface area contributed by atoms with Crippen molar-refractivity contribution in [3.63, 3.8) is 0 Å². The summed E-state index contributed by atoms with van der Waals surface area (Å²) in [4.78, 5) is 4.05. The maximum absolute atomic E-state index is 14.7. The Kier molecular flexibility index (Phi) is 2.88. The average Bonchev–Trinajstić information content (AvgIpc) is 2.85. The van der Waals surface area contributed by atoms with Gasteiger partial charge < -0.3 is 0 Å². The van der Waals surface area contributed by atoms with Gasteiger partial charge in [-0.25, -0.2) is 4.39 Å². The van der Waals surface area contributed by atoms with Crippen LogP contribution in [0.1, 0.15) is 5.56 Å². The van der Waals surface area contributed by atoms with Crippen molar-refractivity contribution in [3.05, 3.63) is 47.0 Å². The molecule has 3 aromatic rings. The SMILES string of the molecule is Cn1nccc1-c1c(C#N)cc2ncc(Cl)cc2c1F. The largest absolute Gasteiger partial charge is 0.268 e. The predicted molar refractivity (Wildman–Crippen MR) is 73.6 cm³/mol. The van der Waals surface area contributed by atoms with Crippen molar-refractivity contribution in [1.29, 1.82) is 5.26 Å². The van der Waals surface area contributed by atoms with Crippen molar-refractivity contribution in [1.82, 2.24) is 14.8 Å². The third-order valence-electron chi connectivity index (χ3n) is 3.09. The van der Waals surface area contributed by atoms with Gasteiger partial charge in [0.05, 0.1) is 27.4 Å². The lowest BCUT2D eigenvalue weighted by molar-refractivity contribution is 0.639. The number of fused-ring (bicyclic) bond motifs is 1. The van der Waals surface area contributed by atoms with Crippen LogP contribution >= 0.6 is 11.6 Å². The van der Waals surface area contributed by atoms with Gasteiger partial charge in [-0.2, -0.15) is 10.4 Å². The molecule has 0 unspecified atom stereocenters. The Balaban J connectivity index is 2.45. The fourth-order valence-electron chi connectivity index (χ4n) is 2.16. The summed E-state index contributed by atoms with van der Waals surface area (Å²) in [6.45, 7) is 0. The molecule has 0 fully saturated rings. The fourth-order valence-corrected chi connectivity index (χ4v) is 2.32. The van der Waals surface area contributed by atoms with Gasteiger partial charge in [-0.05, 0) is 18.2 Å². The van der Waals surface area contributed by atoms with Crippen LogP contribution in [-0.2, 0) is 7.05 Å². The molecule has 0 saturated heterocycles. The molecular weight excluding hydrogens is 279 g/mol. The van der Waals surface area contributed by atoms with E-state index >= 15 is 0 Å². The van der Waals surface area contributed by atoms with Crippen LogP contribution < -0.4 is 0 Å². The van der Waals surface area contributed by atoms with Crippen LogP contribution in [0.5, 0.6) is 0 Å². The zero-order chi connectivity index (χ0) is 14.3. The first kappa shape index (κ1) is 12.6. The number of aryl methyl sites for hydroxylation is 1. The number of nitrogens with zero attached hydrogens (tertiary/aromatic N) is 4. The number of benzene rings is 1. The molecule has 0 saturated carbocycles. The summed E-state index contributed by atoms with van der Waals surface area (Å²) in [5.74, 6) is -0.516. The topological polar surface area (TPSA) is 54.5 Å². The molecule has 0 aliphatic carbocycles. The van der Waals surface area contributed by atoms with Gasteiger partial charge in [0, 0.05) is 24.8 Å². The molecule has 4 nitrogen and oxygen atoms in total. The molecule has 6 heteroatoms. The first-order valence-electron chi connectivity index (χ1n) is 5.78. The molecule has 98 valence electrons. The van der Waals surface area contributed by atoms with Gasteiger partial charge in [-0.15, -0.1) is 0 Å². The molecule has 0 atom stereocenters. The second-order valence-electron chi connectivity index (χ2n) is 4.29. The third-order valence-corrected chi connectivity index (χ3v) is 3.30. The molecule has 0 N–H and O–H groups in total. The number of rotatable bonds is 1.